The Balaban J connectivity index is 1.62. The van der Waals surface area contributed by atoms with E-state index in [9.17, 15) is 14.0 Å². The molecule has 0 aliphatic carbocycles. The Morgan fingerprint density at radius 2 is 1.97 bits per heavy atom. The van der Waals surface area contributed by atoms with Crippen LogP contribution in [0, 0.1) is 18.2 Å². The Bertz CT molecular complexity index is 1030. The molecule has 3 heterocycles. The fourth-order valence-electron chi connectivity index (χ4n) is 4.42. The Hall–Kier alpha value is -2.83. The van der Waals surface area contributed by atoms with Crippen LogP contribution in [0.3, 0.4) is 0 Å². The molecule has 2 amide bonds. The summed E-state index contributed by atoms with van der Waals surface area (Å²) in [5.41, 5.74) is 1.70. The van der Waals surface area contributed by atoms with Crippen LogP contribution in [0.1, 0.15) is 62.3 Å². The van der Waals surface area contributed by atoms with E-state index in [0.29, 0.717) is 36.7 Å². The zero-order valence-electron chi connectivity index (χ0n) is 18.6. The number of amides is 2. The average molecular weight is 425 g/mol. The number of nitrogens with zero attached hydrogens (tertiary/aromatic N) is 4. The highest BCUT2D eigenvalue weighted by molar-refractivity contribution is 6.00. The molecule has 1 fully saturated rings. The molecule has 1 aromatic heterocycles. The monoisotopic (exact) mass is 424 g/mol. The van der Waals surface area contributed by atoms with E-state index in [-0.39, 0.29) is 30.1 Å². The van der Waals surface area contributed by atoms with Crippen LogP contribution in [-0.2, 0) is 22.4 Å². The summed E-state index contributed by atoms with van der Waals surface area (Å²) in [6.07, 6.45) is 2.38. The van der Waals surface area contributed by atoms with Crippen molar-refractivity contribution in [2.75, 3.05) is 18.0 Å². The zero-order chi connectivity index (χ0) is 22.3. The van der Waals surface area contributed by atoms with E-state index in [1.54, 1.807) is 23.1 Å². The van der Waals surface area contributed by atoms with Crippen molar-refractivity contribution in [2.45, 2.75) is 59.4 Å². The maximum atomic E-state index is 14.0. The molecule has 0 bridgehead atoms. The largest absolute Gasteiger partial charge is 0.332 e. The van der Waals surface area contributed by atoms with E-state index >= 15 is 0 Å². The first-order chi connectivity index (χ1) is 14.7. The molecule has 2 aliphatic heterocycles. The molecule has 4 rings (SSSR count). The van der Waals surface area contributed by atoms with Crippen molar-refractivity contribution in [3.63, 3.8) is 0 Å². The van der Waals surface area contributed by atoms with E-state index in [1.165, 1.54) is 6.07 Å². The van der Waals surface area contributed by atoms with Crippen molar-refractivity contribution in [1.29, 1.82) is 0 Å². The molecule has 2 aliphatic rings. The van der Waals surface area contributed by atoms with Crippen LogP contribution in [0.2, 0.25) is 0 Å². The Morgan fingerprint density at radius 1 is 1.23 bits per heavy atom. The van der Waals surface area contributed by atoms with Crippen LogP contribution in [0.5, 0.6) is 0 Å². The van der Waals surface area contributed by atoms with Gasteiger partial charge in [-0.25, -0.2) is 14.4 Å². The van der Waals surface area contributed by atoms with Crippen LogP contribution in [0.4, 0.5) is 10.2 Å². The van der Waals surface area contributed by atoms with Gasteiger partial charge in [0.2, 0.25) is 11.8 Å². The summed E-state index contributed by atoms with van der Waals surface area (Å²) in [6.45, 7) is 8.70. The third kappa shape index (κ3) is 4.05. The number of benzene rings is 1. The molecule has 1 saturated heterocycles. The van der Waals surface area contributed by atoms with Gasteiger partial charge in [0, 0.05) is 29.8 Å². The first-order valence-corrected chi connectivity index (χ1v) is 10.9. The molecule has 0 saturated carbocycles. The normalized spacial score (nSPS) is 18.6. The van der Waals surface area contributed by atoms with Crippen LogP contribution < -0.4 is 4.90 Å². The van der Waals surface area contributed by atoms with Crippen LogP contribution in [-0.4, -0.2) is 39.8 Å². The summed E-state index contributed by atoms with van der Waals surface area (Å²) in [5, 5.41) is 0. The molecule has 7 heteroatoms. The van der Waals surface area contributed by atoms with E-state index in [2.05, 4.69) is 0 Å². The SMILES string of the molecule is Cc1nc([C@H]2CCCN2C(=O)C(C)(C)C)nc2c1CC(=O)N2CCc1ccccc1F. The van der Waals surface area contributed by atoms with Gasteiger partial charge in [-0.15, -0.1) is 0 Å². The summed E-state index contributed by atoms with van der Waals surface area (Å²) in [6, 6.07) is 6.44. The third-order valence-electron chi connectivity index (χ3n) is 6.11. The van der Waals surface area contributed by atoms with E-state index in [1.807, 2.05) is 32.6 Å². The number of anilines is 1. The lowest BCUT2D eigenvalue weighted by atomic mass is 9.94. The molecule has 1 aromatic carbocycles. The van der Waals surface area contributed by atoms with Crippen molar-refractivity contribution in [3.05, 3.63) is 52.7 Å². The van der Waals surface area contributed by atoms with E-state index < -0.39 is 5.41 Å². The third-order valence-corrected chi connectivity index (χ3v) is 6.11. The second-order valence-corrected chi connectivity index (χ2v) is 9.44. The van der Waals surface area contributed by atoms with Crippen LogP contribution in [0.25, 0.3) is 0 Å². The molecule has 2 aromatic rings. The minimum absolute atomic E-state index is 0.0464. The number of fused-ring (bicyclic) bond motifs is 1. The summed E-state index contributed by atoms with van der Waals surface area (Å²) in [4.78, 5) is 38.7. The van der Waals surface area contributed by atoms with Crippen molar-refractivity contribution >= 4 is 17.6 Å². The number of halogens is 1. The van der Waals surface area contributed by atoms with Crippen molar-refractivity contribution in [2.24, 2.45) is 5.41 Å². The van der Waals surface area contributed by atoms with Gasteiger partial charge in [0.05, 0.1) is 12.5 Å². The highest BCUT2D eigenvalue weighted by Gasteiger charge is 2.39. The lowest BCUT2D eigenvalue weighted by Gasteiger charge is -2.30. The quantitative estimate of drug-likeness (QED) is 0.750. The molecular formula is C24H29FN4O2. The minimum atomic E-state index is -0.476. The lowest BCUT2D eigenvalue weighted by Crippen LogP contribution is -2.39. The van der Waals surface area contributed by atoms with Gasteiger partial charge in [-0.1, -0.05) is 39.0 Å². The topological polar surface area (TPSA) is 66.4 Å². The fraction of sp³-hybridized carbons (Fsp3) is 0.500. The number of aryl methyl sites for hydroxylation is 1. The van der Waals surface area contributed by atoms with Gasteiger partial charge in [0.15, 0.2) is 5.82 Å². The highest BCUT2D eigenvalue weighted by Crippen LogP contribution is 2.37. The summed E-state index contributed by atoms with van der Waals surface area (Å²) < 4.78 is 14.0. The number of hydrogen-bond donors (Lipinski definition) is 0. The zero-order valence-corrected chi connectivity index (χ0v) is 18.6. The first kappa shape index (κ1) is 21.4. The van der Waals surface area contributed by atoms with Gasteiger partial charge < -0.3 is 4.90 Å². The first-order valence-electron chi connectivity index (χ1n) is 10.9. The summed E-state index contributed by atoms with van der Waals surface area (Å²) >= 11 is 0. The summed E-state index contributed by atoms with van der Waals surface area (Å²) in [7, 11) is 0. The van der Waals surface area contributed by atoms with E-state index in [4.69, 9.17) is 9.97 Å². The number of carbonyl (C=O) groups excluding carboxylic acids is 2. The number of carbonyl (C=O) groups is 2. The molecule has 6 nitrogen and oxygen atoms in total. The van der Waals surface area contributed by atoms with Gasteiger partial charge in [0.25, 0.3) is 0 Å². The molecule has 31 heavy (non-hydrogen) atoms. The predicted octanol–water partition coefficient (Wildman–Crippen LogP) is 3.77. The number of likely N-dealkylation sites (tertiary alicyclic amines) is 1. The molecular weight excluding hydrogens is 395 g/mol. The number of hydrogen-bond acceptors (Lipinski definition) is 4. The Kier molecular flexibility index (Phi) is 5.54. The minimum Gasteiger partial charge on any atom is -0.332 e. The maximum absolute atomic E-state index is 14.0. The van der Waals surface area contributed by atoms with Crippen LogP contribution >= 0.6 is 0 Å². The molecule has 164 valence electrons. The van der Waals surface area contributed by atoms with Gasteiger partial charge in [-0.2, -0.15) is 0 Å². The van der Waals surface area contributed by atoms with Crippen molar-refractivity contribution < 1.29 is 14.0 Å². The van der Waals surface area contributed by atoms with E-state index in [0.717, 1.165) is 24.1 Å². The smallest absolute Gasteiger partial charge is 0.232 e. The molecule has 0 spiro atoms. The lowest BCUT2D eigenvalue weighted by molar-refractivity contribution is -0.140. The average Bonchev–Trinajstić information content (AvgIpc) is 3.31. The van der Waals surface area contributed by atoms with Gasteiger partial charge in [-0.3, -0.25) is 14.5 Å². The second kappa shape index (κ2) is 8.02. The van der Waals surface area contributed by atoms with Crippen molar-refractivity contribution in [3.8, 4) is 0 Å². The number of aromatic nitrogens is 2. The highest BCUT2D eigenvalue weighted by atomic mass is 19.1. The predicted molar refractivity (Wildman–Crippen MR) is 116 cm³/mol. The molecule has 1 atom stereocenters. The molecule has 0 unspecified atom stereocenters. The standard InChI is InChI=1S/C24H29FN4O2/c1-15-17-14-20(30)29(13-11-16-8-5-6-9-18(16)25)22(17)27-21(26-15)19-10-7-12-28(19)23(31)24(2,3)4/h5-6,8-9,19H,7,10-14H2,1-4H3/t19-/m1/s1. The summed E-state index contributed by atoms with van der Waals surface area (Å²) in [5.74, 6) is 0.978. The fourth-order valence-corrected chi connectivity index (χ4v) is 4.42. The molecule has 0 radical (unpaired) electrons. The van der Waals surface area contributed by atoms with Gasteiger partial charge >= 0.3 is 0 Å². The number of rotatable bonds is 4. The second-order valence-electron chi connectivity index (χ2n) is 9.44. The van der Waals surface area contributed by atoms with Gasteiger partial charge in [0.1, 0.15) is 11.6 Å². The maximum Gasteiger partial charge on any atom is 0.232 e. The Morgan fingerprint density at radius 3 is 2.68 bits per heavy atom. The Labute approximate surface area is 182 Å². The van der Waals surface area contributed by atoms with Gasteiger partial charge in [-0.05, 0) is 37.8 Å². The van der Waals surface area contributed by atoms with Crippen molar-refractivity contribution in [1.82, 2.24) is 14.9 Å². The molecule has 0 N–H and O–H groups in total. The van der Waals surface area contributed by atoms with Crippen LogP contribution in [0.15, 0.2) is 24.3 Å².